The number of aromatic hydroxyl groups is 1. The molecule has 96 valence electrons. The number of ether oxygens (including phenoxy) is 1. The Morgan fingerprint density at radius 1 is 1.56 bits per heavy atom. The lowest BCUT2D eigenvalue weighted by atomic mass is 10.2. The van der Waals surface area contributed by atoms with Crippen LogP contribution in [0.15, 0.2) is 21.7 Å². The zero-order valence-electron chi connectivity index (χ0n) is 9.31. The second-order valence-corrected chi connectivity index (χ2v) is 4.02. The third-order valence-electron chi connectivity index (χ3n) is 1.88. The third kappa shape index (κ3) is 3.45. The van der Waals surface area contributed by atoms with Crippen LogP contribution in [0.2, 0.25) is 0 Å². The van der Waals surface area contributed by atoms with Crippen molar-refractivity contribution in [2.24, 2.45) is 10.8 Å². The van der Waals surface area contributed by atoms with Crippen molar-refractivity contribution in [2.45, 2.75) is 0 Å². The SMILES string of the molecule is COc1cc(Br)cc(/C=N/NC(=O)C(N)=O)c1O. The number of nitrogens with two attached hydrogens (primary N) is 1. The lowest BCUT2D eigenvalue weighted by Gasteiger charge is -2.06. The molecule has 0 aliphatic rings. The van der Waals surface area contributed by atoms with Gasteiger partial charge in [0.2, 0.25) is 0 Å². The van der Waals surface area contributed by atoms with Crippen molar-refractivity contribution < 1.29 is 19.4 Å². The summed E-state index contributed by atoms with van der Waals surface area (Å²) in [7, 11) is 1.40. The van der Waals surface area contributed by atoms with Crippen molar-refractivity contribution in [3.63, 3.8) is 0 Å². The molecule has 0 atom stereocenters. The highest BCUT2D eigenvalue weighted by molar-refractivity contribution is 9.10. The first-order valence-corrected chi connectivity index (χ1v) is 5.44. The summed E-state index contributed by atoms with van der Waals surface area (Å²) < 4.78 is 5.58. The summed E-state index contributed by atoms with van der Waals surface area (Å²) in [6.07, 6.45) is 1.16. The first-order valence-electron chi connectivity index (χ1n) is 4.65. The van der Waals surface area contributed by atoms with E-state index in [1.54, 1.807) is 12.1 Å². The van der Waals surface area contributed by atoms with Crippen LogP contribution in [-0.4, -0.2) is 30.2 Å². The summed E-state index contributed by atoms with van der Waals surface area (Å²) in [6.45, 7) is 0. The molecule has 1 aromatic rings. The van der Waals surface area contributed by atoms with Gasteiger partial charge in [0, 0.05) is 10.0 Å². The molecule has 8 heteroatoms. The van der Waals surface area contributed by atoms with Crippen molar-refractivity contribution in [1.82, 2.24) is 5.43 Å². The van der Waals surface area contributed by atoms with E-state index in [0.29, 0.717) is 10.0 Å². The van der Waals surface area contributed by atoms with Gasteiger partial charge in [-0.15, -0.1) is 0 Å². The lowest BCUT2D eigenvalue weighted by molar-refractivity contribution is -0.137. The van der Waals surface area contributed by atoms with Gasteiger partial charge in [-0.1, -0.05) is 15.9 Å². The number of nitrogens with one attached hydrogen (secondary N) is 1. The number of phenols is 1. The Morgan fingerprint density at radius 3 is 2.78 bits per heavy atom. The smallest absolute Gasteiger partial charge is 0.329 e. The molecule has 18 heavy (non-hydrogen) atoms. The Labute approximate surface area is 111 Å². The molecule has 1 aromatic carbocycles. The fourth-order valence-corrected chi connectivity index (χ4v) is 1.52. The average molecular weight is 316 g/mol. The number of benzene rings is 1. The number of phenolic OH excluding ortho intramolecular Hbond substituents is 1. The van der Waals surface area contributed by atoms with Gasteiger partial charge in [0.15, 0.2) is 11.5 Å². The Morgan fingerprint density at radius 2 is 2.22 bits per heavy atom. The van der Waals surface area contributed by atoms with Crippen molar-refractivity contribution in [1.29, 1.82) is 0 Å². The molecule has 0 unspecified atom stereocenters. The van der Waals surface area contributed by atoms with Gasteiger partial charge in [-0.25, -0.2) is 5.43 Å². The highest BCUT2D eigenvalue weighted by Crippen LogP contribution is 2.32. The van der Waals surface area contributed by atoms with Gasteiger partial charge in [0.1, 0.15) is 0 Å². The number of amides is 2. The number of hydrazone groups is 1. The molecule has 0 saturated heterocycles. The highest BCUT2D eigenvalue weighted by Gasteiger charge is 2.09. The van der Waals surface area contributed by atoms with Crippen molar-refractivity contribution in [2.75, 3.05) is 7.11 Å². The number of carbonyl (C=O) groups is 2. The van der Waals surface area contributed by atoms with Gasteiger partial charge in [0.05, 0.1) is 13.3 Å². The number of carbonyl (C=O) groups excluding carboxylic acids is 2. The van der Waals surface area contributed by atoms with E-state index in [0.717, 1.165) is 6.21 Å². The quantitative estimate of drug-likeness (QED) is 0.417. The van der Waals surface area contributed by atoms with Crippen LogP contribution >= 0.6 is 15.9 Å². The molecule has 0 radical (unpaired) electrons. The molecule has 0 heterocycles. The minimum absolute atomic E-state index is 0.141. The van der Waals surface area contributed by atoms with Crippen LogP contribution in [-0.2, 0) is 9.59 Å². The van der Waals surface area contributed by atoms with Crippen LogP contribution in [0.3, 0.4) is 0 Å². The Bertz CT molecular complexity index is 516. The number of primary amides is 1. The molecule has 7 nitrogen and oxygen atoms in total. The summed E-state index contributed by atoms with van der Waals surface area (Å²) in [4.78, 5) is 21.2. The van der Waals surface area contributed by atoms with E-state index in [2.05, 4.69) is 21.0 Å². The number of methoxy groups -OCH3 is 1. The zero-order valence-corrected chi connectivity index (χ0v) is 10.9. The molecular weight excluding hydrogens is 306 g/mol. The molecule has 4 N–H and O–H groups in total. The molecule has 0 fully saturated rings. The van der Waals surface area contributed by atoms with E-state index in [4.69, 9.17) is 10.5 Å². The van der Waals surface area contributed by atoms with Gasteiger partial charge < -0.3 is 15.6 Å². The minimum atomic E-state index is -1.15. The maximum Gasteiger partial charge on any atom is 0.329 e. The largest absolute Gasteiger partial charge is 0.504 e. The first kappa shape index (κ1) is 14.0. The number of nitrogens with zero attached hydrogens (tertiary/aromatic N) is 1. The molecule has 0 aromatic heterocycles. The second-order valence-electron chi connectivity index (χ2n) is 3.11. The molecule has 1 rings (SSSR count). The highest BCUT2D eigenvalue weighted by atomic mass is 79.9. The maximum atomic E-state index is 10.8. The van der Waals surface area contributed by atoms with Crippen LogP contribution < -0.4 is 15.9 Å². The van der Waals surface area contributed by atoms with E-state index < -0.39 is 11.8 Å². The van der Waals surface area contributed by atoms with Crippen LogP contribution in [0.5, 0.6) is 11.5 Å². The van der Waals surface area contributed by atoms with Crippen LogP contribution in [0.1, 0.15) is 5.56 Å². The predicted octanol–water partition coefficient (Wildman–Crippen LogP) is 0.0987. The fourth-order valence-electron chi connectivity index (χ4n) is 1.06. The standard InChI is InChI=1S/C10H10BrN3O4/c1-18-7-3-6(11)2-5(8(7)15)4-13-14-10(17)9(12)16/h2-4,15H,1H3,(H2,12,16)(H,14,17)/b13-4+. The van der Waals surface area contributed by atoms with E-state index in [-0.39, 0.29) is 11.5 Å². The Balaban J connectivity index is 2.91. The first-order chi connectivity index (χ1) is 8.45. The van der Waals surface area contributed by atoms with Gasteiger partial charge in [-0.3, -0.25) is 9.59 Å². The topological polar surface area (TPSA) is 114 Å². The van der Waals surface area contributed by atoms with Crippen LogP contribution in [0, 0.1) is 0 Å². The number of hydrogen-bond donors (Lipinski definition) is 3. The van der Waals surface area contributed by atoms with E-state index in [9.17, 15) is 14.7 Å². The van der Waals surface area contributed by atoms with Crippen molar-refractivity contribution in [3.8, 4) is 11.5 Å². The van der Waals surface area contributed by atoms with E-state index in [1.807, 2.05) is 5.43 Å². The second kappa shape index (κ2) is 6.01. The molecule has 0 spiro atoms. The summed E-state index contributed by atoms with van der Waals surface area (Å²) >= 11 is 3.22. The van der Waals surface area contributed by atoms with Crippen LogP contribution in [0.4, 0.5) is 0 Å². The van der Waals surface area contributed by atoms with Gasteiger partial charge in [-0.05, 0) is 12.1 Å². The maximum absolute atomic E-state index is 10.8. The predicted molar refractivity (Wildman–Crippen MR) is 67.3 cm³/mol. The molecule has 0 bridgehead atoms. The molecule has 2 amide bonds. The van der Waals surface area contributed by atoms with E-state index in [1.165, 1.54) is 7.11 Å². The number of rotatable bonds is 3. The Hall–Kier alpha value is -2.09. The fraction of sp³-hybridized carbons (Fsp3) is 0.100. The lowest BCUT2D eigenvalue weighted by Crippen LogP contribution is -2.32. The number of halogens is 1. The van der Waals surface area contributed by atoms with Gasteiger partial charge >= 0.3 is 11.8 Å². The molecule has 0 aliphatic carbocycles. The normalized spacial score (nSPS) is 10.3. The summed E-state index contributed by atoms with van der Waals surface area (Å²) in [6, 6.07) is 3.12. The zero-order chi connectivity index (χ0) is 13.7. The summed E-state index contributed by atoms with van der Waals surface area (Å²) in [5.41, 5.74) is 6.91. The minimum Gasteiger partial charge on any atom is -0.504 e. The molecular formula is C10H10BrN3O4. The summed E-state index contributed by atoms with van der Waals surface area (Å²) in [5, 5.41) is 13.2. The molecule has 0 aliphatic heterocycles. The monoisotopic (exact) mass is 315 g/mol. The Kier molecular flexibility index (Phi) is 4.67. The van der Waals surface area contributed by atoms with E-state index >= 15 is 0 Å². The summed E-state index contributed by atoms with van der Waals surface area (Å²) in [5.74, 6) is -2.10. The number of hydrogen-bond acceptors (Lipinski definition) is 5. The van der Waals surface area contributed by atoms with Crippen LogP contribution in [0.25, 0.3) is 0 Å². The van der Waals surface area contributed by atoms with Crippen molar-refractivity contribution >= 4 is 34.0 Å². The van der Waals surface area contributed by atoms with Crippen molar-refractivity contribution in [3.05, 3.63) is 22.2 Å². The third-order valence-corrected chi connectivity index (χ3v) is 2.34. The molecule has 0 saturated carbocycles. The van der Waals surface area contributed by atoms with Gasteiger partial charge in [0.25, 0.3) is 0 Å². The van der Waals surface area contributed by atoms with Gasteiger partial charge in [-0.2, -0.15) is 5.10 Å². The average Bonchev–Trinajstić information content (AvgIpc) is 2.32.